The summed E-state index contributed by atoms with van der Waals surface area (Å²) in [6, 6.07) is 17.5. The smallest absolute Gasteiger partial charge is 0.237 e. The van der Waals surface area contributed by atoms with E-state index in [9.17, 15) is 9.90 Å². The summed E-state index contributed by atoms with van der Waals surface area (Å²) in [6.45, 7) is 7.08. The van der Waals surface area contributed by atoms with Gasteiger partial charge in [0.05, 0.1) is 6.04 Å². The molecular formula is C28H43N3O2. The quantitative estimate of drug-likeness (QED) is 0.318. The predicted octanol–water partition coefficient (Wildman–Crippen LogP) is 4.57. The Hall–Kier alpha value is -2.37. The number of rotatable bonds is 15. The van der Waals surface area contributed by atoms with Gasteiger partial charge >= 0.3 is 0 Å². The Morgan fingerprint density at radius 1 is 1.00 bits per heavy atom. The van der Waals surface area contributed by atoms with Crippen LogP contribution in [-0.4, -0.2) is 35.7 Å². The van der Waals surface area contributed by atoms with Crippen LogP contribution in [0.4, 0.5) is 0 Å². The molecule has 2 aromatic rings. The van der Waals surface area contributed by atoms with E-state index in [0.717, 1.165) is 44.1 Å². The molecule has 0 bridgehead atoms. The molecule has 0 aliphatic heterocycles. The number of aromatic hydroxyl groups is 1. The number of hydrogen-bond acceptors (Lipinski definition) is 4. The first-order valence-electron chi connectivity index (χ1n) is 12.5. The van der Waals surface area contributed by atoms with E-state index < -0.39 is 0 Å². The van der Waals surface area contributed by atoms with Gasteiger partial charge < -0.3 is 21.5 Å². The number of carbonyl (C=O) groups is 1. The zero-order valence-corrected chi connectivity index (χ0v) is 20.6. The van der Waals surface area contributed by atoms with Crippen LogP contribution in [-0.2, 0) is 17.6 Å². The van der Waals surface area contributed by atoms with Crippen LogP contribution in [0, 0.1) is 5.92 Å². The van der Waals surface area contributed by atoms with E-state index in [2.05, 4.69) is 55.7 Å². The average molecular weight is 454 g/mol. The fraction of sp³-hybridized carbons (Fsp3) is 0.536. The van der Waals surface area contributed by atoms with Gasteiger partial charge in [0.1, 0.15) is 5.75 Å². The third-order valence-electron chi connectivity index (χ3n) is 5.98. The number of amides is 1. The van der Waals surface area contributed by atoms with E-state index in [1.54, 1.807) is 12.1 Å². The molecule has 2 aromatic carbocycles. The first-order valence-corrected chi connectivity index (χ1v) is 12.5. The van der Waals surface area contributed by atoms with Crippen LogP contribution in [0.1, 0.15) is 64.0 Å². The molecule has 182 valence electrons. The van der Waals surface area contributed by atoms with E-state index in [1.165, 1.54) is 5.56 Å². The Morgan fingerprint density at radius 3 is 2.33 bits per heavy atom. The topological polar surface area (TPSA) is 87.4 Å². The Morgan fingerprint density at radius 2 is 1.70 bits per heavy atom. The van der Waals surface area contributed by atoms with Crippen LogP contribution in [0.25, 0.3) is 0 Å². The minimum atomic E-state index is -0.354. The number of benzene rings is 2. The summed E-state index contributed by atoms with van der Waals surface area (Å²) in [5.74, 6) is 0.747. The predicted molar refractivity (Wildman–Crippen MR) is 137 cm³/mol. The van der Waals surface area contributed by atoms with Crippen LogP contribution in [0.2, 0.25) is 0 Å². The first-order chi connectivity index (χ1) is 15.9. The molecule has 5 heteroatoms. The van der Waals surface area contributed by atoms with Crippen molar-refractivity contribution in [2.45, 2.75) is 83.8 Å². The van der Waals surface area contributed by atoms with Gasteiger partial charge in [-0.15, -0.1) is 0 Å². The van der Waals surface area contributed by atoms with Crippen molar-refractivity contribution >= 4 is 5.91 Å². The van der Waals surface area contributed by atoms with E-state index in [4.69, 9.17) is 5.73 Å². The SMILES string of the molecule is CCCC[C@H](N)CNC(=O)[C@H](Cc1ccc(O)cc1)N[C@H](CCc1ccccc1)CC(C)C. The maximum Gasteiger partial charge on any atom is 0.237 e. The molecule has 0 unspecified atom stereocenters. The van der Waals surface area contributed by atoms with Gasteiger partial charge in [0.2, 0.25) is 5.91 Å². The monoisotopic (exact) mass is 453 g/mol. The molecule has 0 fully saturated rings. The van der Waals surface area contributed by atoms with Gasteiger partial charge in [0, 0.05) is 18.6 Å². The number of unbranched alkanes of at least 4 members (excludes halogenated alkanes) is 1. The van der Waals surface area contributed by atoms with Crippen molar-refractivity contribution < 1.29 is 9.90 Å². The highest BCUT2D eigenvalue weighted by molar-refractivity contribution is 5.82. The van der Waals surface area contributed by atoms with Gasteiger partial charge in [-0.2, -0.15) is 0 Å². The van der Waals surface area contributed by atoms with Crippen LogP contribution in [0.15, 0.2) is 54.6 Å². The molecule has 0 radical (unpaired) electrons. The van der Waals surface area contributed by atoms with E-state index in [0.29, 0.717) is 18.9 Å². The Kier molecular flexibility index (Phi) is 12.0. The first kappa shape index (κ1) is 26.9. The Bertz CT molecular complexity index is 793. The van der Waals surface area contributed by atoms with Crippen LogP contribution < -0.4 is 16.4 Å². The van der Waals surface area contributed by atoms with E-state index in [-0.39, 0.29) is 29.8 Å². The number of aryl methyl sites for hydroxylation is 1. The molecule has 5 N–H and O–H groups in total. The Labute approximate surface area is 200 Å². The molecule has 0 saturated heterocycles. The van der Waals surface area contributed by atoms with Crippen molar-refractivity contribution in [3.8, 4) is 5.75 Å². The largest absolute Gasteiger partial charge is 0.508 e. The molecule has 0 spiro atoms. The molecule has 0 heterocycles. The third-order valence-corrected chi connectivity index (χ3v) is 5.98. The zero-order valence-electron chi connectivity index (χ0n) is 20.6. The van der Waals surface area contributed by atoms with Crippen molar-refractivity contribution in [1.82, 2.24) is 10.6 Å². The van der Waals surface area contributed by atoms with Gasteiger partial charge in [-0.05, 0) is 61.3 Å². The summed E-state index contributed by atoms with van der Waals surface area (Å²) in [7, 11) is 0. The zero-order chi connectivity index (χ0) is 24.1. The number of phenols is 1. The summed E-state index contributed by atoms with van der Waals surface area (Å²) in [6.07, 6.45) is 6.60. The van der Waals surface area contributed by atoms with Gasteiger partial charge in [-0.3, -0.25) is 4.79 Å². The number of nitrogens with two attached hydrogens (primary N) is 1. The minimum absolute atomic E-state index is 0.0107. The van der Waals surface area contributed by atoms with Gasteiger partial charge in [0.25, 0.3) is 0 Å². The van der Waals surface area contributed by atoms with Gasteiger partial charge in [0.15, 0.2) is 0 Å². The third kappa shape index (κ3) is 10.9. The lowest BCUT2D eigenvalue weighted by molar-refractivity contribution is -0.123. The minimum Gasteiger partial charge on any atom is -0.508 e. The number of carbonyl (C=O) groups excluding carboxylic acids is 1. The summed E-state index contributed by atoms with van der Waals surface area (Å²) < 4.78 is 0. The fourth-order valence-electron chi connectivity index (χ4n) is 4.13. The lowest BCUT2D eigenvalue weighted by Gasteiger charge is -2.27. The number of phenolic OH excluding ortho intramolecular Hbond substituents is 1. The molecule has 0 saturated carbocycles. The molecule has 5 nitrogen and oxygen atoms in total. The average Bonchev–Trinajstić information content (AvgIpc) is 2.80. The highest BCUT2D eigenvalue weighted by Gasteiger charge is 2.23. The summed E-state index contributed by atoms with van der Waals surface area (Å²) in [4.78, 5) is 13.2. The lowest BCUT2D eigenvalue weighted by Crippen LogP contribution is -2.51. The second kappa shape index (κ2) is 14.7. The van der Waals surface area contributed by atoms with Crippen molar-refractivity contribution in [3.63, 3.8) is 0 Å². The van der Waals surface area contributed by atoms with Crippen molar-refractivity contribution in [2.24, 2.45) is 11.7 Å². The molecule has 3 atom stereocenters. The van der Waals surface area contributed by atoms with Crippen molar-refractivity contribution in [2.75, 3.05) is 6.54 Å². The summed E-state index contributed by atoms with van der Waals surface area (Å²) in [5.41, 5.74) is 8.52. The number of hydrogen-bond donors (Lipinski definition) is 4. The Balaban J connectivity index is 2.08. The maximum absolute atomic E-state index is 13.2. The molecular weight excluding hydrogens is 410 g/mol. The number of nitrogens with one attached hydrogen (secondary N) is 2. The van der Waals surface area contributed by atoms with E-state index in [1.807, 2.05) is 18.2 Å². The molecule has 2 rings (SSSR count). The van der Waals surface area contributed by atoms with Gasteiger partial charge in [-0.25, -0.2) is 0 Å². The fourth-order valence-corrected chi connectivity index (χ4v) is 4.13. The molecule has 33 heavy (non-hydrogen) atoms. The summed E-state index contributed by atoms with van der Waals surface area (Å²) in [5, 5.41) is 16.4. The molecule has 0 aliphatic carbocycles. The van der Waals surface area contributed by atoms with Crippen LogP contribution >= 0.6 is 0 Å². The van der Waals surface area contributed by atoms with Crippen molar-refractivity contribution in [3.05, 3.63) is 65.7 Å². The second-order valence-electron chi connectivity index (χ2n) is 9.59. The van der Waals surface area contributed by atoms with Gasteiger partial charge in [-0.1, -0.05) is 76.1 Å². The standard InChI is InChI=1S/C28H43N3O2/c1-4-5-11-24(29)20-30-28(33)27(19-23-13-16-26(32)17-14-23)31-25(18-21(2)3)15-12-22-9-7-6-8-10-22/h6-10,13-14,16-17,21,24-25,27,31-32H,4-5,11-12,15,18-20,29H2,1-3H3,(H,30,33)/t24-,25+,27-/m0/s1. The van der Waals surface area contributed by atoms with Crippen LogP contribution in [0.5, 0.6) is 5.75 Å². The molecule has 0 aromatic heterocycles. The summed E-state index contributed by atoms with van der Waals surface area (Å²) >= 11 is 0. The highest BCUT2D eigenvalue weighted by Crippen LogP contribution is 2.16. The molecule has 1 amide bonds. The van der Waals surface area contributed by atoms with Crippen LogP contribution in [0.3, 0.4) is 0 Å². The lowest BCUT2D eigenvalue weighted by atomic mass is 9.95. The highest BCUT2D eigenvalue weighted by atomic mass is 16.3. The maximum atomic E-state index is 13.2. The van der Waals surface area contributed by atoms with Crippen molar-refractivity contribution in [1.29, 1.82) is 0 Å². The normalized spacial score (nSPS) is 14.1. The molecule has 0 aliphatic rings. The second-order valence-corrected chi connectivity index (χ2v) is 9.59. The van der Waals surface area contributed by atoms with E-state index >= 15 is 0 Å².